The maximum Gasteiger partial charge on any atom is 0.434 e. The average molecular weight is 415 g/mol. The van der Waals surface area contributed by atoms with Crippen LogP contribution in [0.2, 0.25) is 0 Å². The Morgan fingerprint density at radius 3 is 2.61 bits per heavy atom. The summed E-state index contributed by atoms with van der Waals surface area (Å²) in [5.41, 5.74) is -0.461. The molecule has 1 fully saturated rings. The van der Waals surface area contributed by atoms with Gasteiger partial charge in [-0.05, 0) is 32.1 Å². The highest BCUT2D eigenvalue weighted by Crippen LogP contribution is 2.36. The summed E-state index contributed by atoms with van der Waals surface area (Å²) in [6.07, 6.45) is 1.66. The highest BCUT2D eigenvalue weighted by atomic mass is 32.1. The zero-order valence-corrected chi connectivity index (χ0v) is 16.4. The van der Waals surface area contributed by atoms with Crippen molar-refractivity contribution in [2.45, 2.75) is 63.8 Å². The molecule has 3 N–H and O–H groups in total. The van der Waals surface area contributed by atoms with Gasteiger partial charge in [-0.15, -0.1) is 11.3 Å². The maximum absolute atomic E-state index is 12.9. The number of hydrogen-bond acceptors (Lipinski definition) is 7. The molecule has 154 valence electrons. The summed E-state index contributed by atoms with van der Waals surface area (Å²) in [5.74, 6) is 0.904. The molecule has 10 heteroatoms. The van der Waals surface area contributed by atoms with Crippen LogP contribution < -0.4 is 10.6 Å². The van der Waals surface area contributed by atoms with Gasteiger partial charge in [0.05, 0.1) is 11.7 Å². The van der Waals surface area contributed by atoms with Gasteiger partial charge in [-0.2, -0.15) is 18.2 Å². The molecule has 2 aromatic heterocycles. The minimum absolute atomic E-state index is 0.0996. The van der Waals surface area contributed by atoms with E-state index in [1.165, 1.54) is 6.20 Å². The van der Waals surface area contributed by atoms with Crippen LogP contribution in [0.4, 0.5) is 24.9 Å². The van der Waals surface area contributed by atoms with Crippen molar-refractivity contribution in [3.8, 4) is 10.6 Å². The molecule has 0 saturated heterocycles. The summed E-state index contributed by atoms with van der Waals surface area (Å²) in [5, 5.41) is 17.4. The first-order valence-electron chi connectivity index (χ1n) is 9.45. The third-order valence-corrected chi connectivity index (χ3v) is 5.54. The topological polar surface area (TPSA) is 83.0 Å². The number of aliphatic hydroxyl groups excluding tert-OH is 1. The van der Waals surface area contributed by atoms with E-state index in [-0.39, 0.29) is 17.2 Å². The number of unbranched alkanes of at least 4 members (excludes halogenated alkanes) is 1. The number of thiazole rings is 1. The molecule has 0 unspecified atom stereocenters. The Balaban J connectivity index is 1.85. The van der Waals surface area contributed by atoms with Gasteiger partial charge < -0.3 is 15.7 Å². The van der Waals surface area contributed by atoms with Crippen LogP contribution in [0.25, 0.3) is 10.6 Å². The van der Waals surface area contributed by atoms with Crippen molar-refractivity contribution in [2.24, 2.45) is 0 Å². The van der Waals surface area contributed by atoms with Gasteiger partial charge in [0.1, 0.15) is 10.8 Å². The Hall–Kier alpha value is -1.94. The van der Waals surface area contributed by atoms with Crippen molar-refractivity contribution < 1.29 is 18.3 Å². The lowest BCUT2D eigenvalue weighted by Crippen LogP contribution is -2.29. The quantitative estimate of drug-likeness (QED) is 0.576. The molecule has 0 atom stereocenters. The number of hydrogen-bond donors (Lipinski definition) is 3. The van der Waals surface area contributed by atoms with Gasteiger partial charge in [0.2, 0.25) is 5.95 Å². The molecule has 1 saturated carbocycles. The number of rotatable bonds is 7. The summed E-state index contributed by atoms with van der Waals surface area (Å²) < 4.78 is 38.8. The molecule has 0 aliphatic heterocycles. The molecule has 2 aromatic rings. The van der Waals surface area contributed by atoms with Gasteiger partial charge >= 0.3 is 6.18 Å². The minimum atomic E-state index is -4.48. The van der Waals surface area contributed by atoms with Crippen LogP contribution in [0.15, 0.2) is 11.6 Å². The largest absolute Gasteiger partial charge is 0.434 e. The number of alkyl halides is 3. The van der Waals surface area contributed by atoms with E-state index in [0.29, 0.717) is 30.2 Å². The molecular formula is C18H24F3N5OS. The smallest absolute Gasteiger partial charge is 0.393 e. The molecule has 0 spiro atoms. The van der Waals surface area contributed by atoms with E-state index in [2.05, 4.69) is 32.5 Å². The summed E-state index contributed by atoms with van der Waals surface area (Å²) in [6, 6.07) is 0.0996. The van der Waals surface area contributed by atoms with Crippen molar-refractivity contribution in [3.63, 3.8) is 0 Å². The fraction of sp³-hybridized carbons (Fsp3) is 0.611. The molecule has 0 radical (unpaired) electrons. The van der Waals surface area contributed by atoms with Crippen molar-refractivity contribution in [1.82, 2.24) is 15.0 Å². The van der Waals surface area contributed by atoms with Crippen LogP contribution in [0, 0.1) is 0 Å². The van der Waals surface area contributed by atoms with Crippen molar-refractivity contribution >= 4 is 23.1 Å². The van der Waals surface area contributed by atoms with Crippen molar-refractivity contribution in [2.75, 3.05) is 17.2 Å². The van der Waals surface area contributed by atoms with Crippen molar-refractivity contribution in [1.29, 1.82) is 0 Å². The fourth-order valence-corrected chi connectivity index (χ4v) is 3.89. The van der Waals surface area contributed by atoms with Crippen LogP contribution in [0.5, 0.6) is 0 Å². The summed E-state index contributed by atoms with van der Waals surface area (Å²) >= 11 is 0.922. The lowest BCUT2D eigenvalue weighted by Gasteiger charge is -2.27. The summed E-state index contributed by atoms with van der Waals surface area (Å²) in [4.78, 5) is 12.5. The number of aromatic nitrogens is 3. The Morgan fingerprint density at radius 1 is 1.21 bits per heavy atom. The predicted octanol–water partition coefficient (Wildman–Crippen LogP) is 4.55. The number of nitrogens with one attached hydrogen (secondary N) is 2. The molecule has 3 rings (SSSR count). The lowest BCUT2D eigenvalue weighted by atomic mass is 9.93. The van der Waals surface area contributed by atoms with Gasteiger partial charge in [-0.1, -0.05) is 13.3 Å². The Kier molecular flexibility index (Phi) is 6.71. The van der Waals surface area contributed by atoms with E-state index < -0.39 is 11.9 Å². The monoisotopic (exact) mass is 415 g/mol. The second kappa shape index (κ2) is 9.04. The van der Waals surface area contributed by atoms with Crippen molar-refractivity contribution in [3.05, 3.63) is 17.3 Å². The second-order valence-corrected chi connectivity index (χ2v) is 7.78. The molecule has 28 heavy (non-hydrogen) atoms. The number of nitrogens with zero attached hydrogens (tertiary/aromatic N) is 3. The van der Waals surface area contributed by atoms with Gasteiger partial charge in [-0.3, -0.25) is 0 Å². The van der Waals surface area contributed by atoms with Gasteiger partial charge in [0, 0.05) is 24.2 Å². The standard InChI is InChI=1S/C18H24F3N5OS/c1-2-3-8-22-17-23-9-13(16-25-14(10-28-16)18(19,20)21)15(26-17)24-11-4-6-12(27)7-5-11/h9-12,27H,2-8H2,1H3,(H2,22,23,24,26). The number of anilines is 2. The third-order valence-electron chi connectivity index (χ3n) is 4.66. The third kappa shape index (κ3) is 5.32. The van der Waals surface area contributed by atoms with E-state index >= 15 is 0 Å². The van der Waals surface area contributed by atoms with Crippen LogP contribution in [-0.4, -0.2) is 38.7 Å². The highest BCUT2D eigenvalue weighted by Gasteiger charge is 2.34. The van der Waals surface area contributed by atoms with Gasteiger partial charge in [0.25, 0.3) is 0 Å². The zero-order valence-electron chi connectivity index (χ0n) is 15.6. The average Bonchev–Trinajstić information content (AvgIpc) is 3.14. The second-order valence-electron chi connectivity index (χ2n) is 6.92. The minimum Gasteiger partial charge on any atom is -0.393 e. The maximum atomic E-state index is 12.9. The molecular weight excluding hydrogens is 391 g/mol. The molecule has 2 heterocycles. The lowest BCUT2D eigenvalue weighted by molar-refractivity contribution is -0.140. The summed E-state index contributed by atoms with van der Waals surface area (Å²) in [7, 11) is 0. The first-order valence-corrected chi connectivity index (χ1v) is 10.3. The van der Waals surface area contributed by atoms with Crippen LogP contribution in [-0.2, 0) is 6.18 Å². The van der Waals surface area contributed by atoms with Crippen LogP contribution in [0.1, 0.15) is 51.1 Å². The van der Waals surface area contributed by atoms with E-state index in [1.54, 1.807) is 0 Å². The summed E-state index contributed by atoms with van der Waals surface area (Å²) in [6.45, 7) is 2.80. The van der Waals surface area contributed by atoms with E-state index in [9.17, 15) is 18.3 Å². The SMILES string of the molecule is CCCCNc1ncc(-c2nc(C(F)(F)F)cs2)c(NC2CCC(O)CC2)n1. The predicted molar refractivity (Wildman–Crippen MR) is 103 cm³/mol. The number of halogens is 3. The highest BCUT2D eigenvalue weighted by molar-refractivity contribution is 7.13. The zero-order chi connectivity index (χ0) is 20.1. The molecule has 0 aromatic carbocycles. The molecule has 1 aliphatic carbocycles. The molecule has 0 bridgehead atoms. The molecule has 1 aliphatic rings. The van der Waals surface area contributed by atoms with E-state index in [4.69, 9.17) is 0 Å². The first kappa shape index (κ1) is 20.8. The Bertz CT molecular complexity index is 775. The van der Waals surface area contributed by atoms with Crippen LogP contribution in [0.3, 0.4) is 0 Å². The van der Waals surface area contributed by atoms with Gasteiger partial charge in [0.15, 0.2) is 5.69 Å². The fourth-order valence-electron chi connectivity index (χ4n) is 3.05. The normalized spacial score (nSPS) is 20.2. The number of aliphatic hydroxyl groups is 1. The Morgan fingerprint density at radius 2 is 1.96 bits per heavy atom. The first-order chi connectivity index (χ1) is 13.4. The van der Waals surface area contributed by atoms with Crippen LogP contribution >= 0.6 is 11.3 Å². The molecule has 0 amide bonds. The van der Waals surface area contributed by atoms with Gasteiger partial charge in [-0.25, -0.2) is 9.97 Å². The van der Waals surface area contributed by atoms with E-state index in [0.717, 1.165) is 48.9 Å². The molecule has 6 nitrogen and oxygen atoms in total. The Labute approximate surface area is 165 Å². The van der Waals surface area contributed by atoms with E-state index in [1.807, 2.05) is 0 Å².